The second-order valence-electron chi connectivity index (χ2n) is 6.34. The fourth-order valence-corrected chi connectivity index (χ4v) is 2.96. The predicted octanol–water partition coefficient (Wildman–Crippen LogP) is 3.14. The number of likely N-dealkylation sites (tertiary alicyclic amines) is 1. The van der Waals surface area contributed by atoms with Crippen molar-refractivity contribution >= 4 is 11.8 Å². The number of benzene rings is 1. The zero-order valence-corrected chi connectivity index (χ0v) is 14.4. The van der Waals surface area contributed by atoms with E-state index < -0.39 is 11.9 Å². The van der Waals surface area contributed by atoms with Crippen molar-refractivity contribution in [3.8, 4) is 0 Å². The highest BCUT2D eigenvalue weighted by Crippen LogP contribution is 2.27. The van der Waals surface area contributed by atoms with Gasteiger partial charge in [0.25, 0.3) is 11.8 Å². The van der Waals surface area contributed by atoms with Gasteiger partial charge in [-0.2, -0.15) is 13.2 Å². The van der Waals surface area contributed by atoms with E-state index in [4.69, 9.17) is 0 Å². The molecule has 8 heteroatoms. The predicted molar refractivity (Wildman–Crippen MR) is 92.1 cm³/mol. The van der Waals surface area contributed by atoms with Crippen LogP contribution in [-0.4, -0.2) is 40.8 Å². The number of nitrogens with one attached hydrogen (secondary N) is 1. The summed E-state index contributed by atoms with van der Waals surface area (Å²) in [5, 5.41) is 2.94. The van der Waals surface area contributed by atoms with Crippen LogP contribution in [0.3, 0.4) is 0 Å². The van der Waals surface area contributed by atoms with E-state index in [2.05, 4.69) is 10.3 Å². The lowest BCUT2D eigenvalue weighted by atomic mass is 10.0. The molecule has 2 amide bonds. The second-order valence-corrected chi connectivity index (χ2v) is 6.34. The summed E-state index contributed by atoms with van der Waals surface area (Å²) in [4.78, 5) is 29.5. The van der Waals surface area contributed by atoms with Crippen molar-refractivity contribution in [3.05, 3.63) is 65.5 Å². The standard InChI is InChI=1S/C19H18F3N3O2/c20-19(21,22)16-7-6-14(12-23-16)18(27)25-10-8-15(9-11-25)24-17(26)13-4-2-1-3-5-13/h1-7,12,15H,8-11H2,(H,24,26). The van der Waals surface area contributed by atoms with Crippen LogP contribution in [0.1, 0.15) is 39.3 Å². The van der Waals surface area contributed by atoms with Crippen LogP contribution in [0.5, 0.6) is 0 Å². The summed E-state index contributed by atoms with van der Waals surface area (Å²) in [5.41, 5.74) is -0.331. The van der Waals surface area contributed by atoms with Gasteiger partial charge in [-0.15, -0.1) is 0 Å². The normalized spacial score (nSPS) is 15.4. The number of carbonyl (C=O) groups excluding carboxylic acids is 2. The first-order chi connectivity index (χ1) is 12.8. The lowest BCUT2D eigenvalue weighted by Crippen LogP contribution is -2.46. The zero-order valence-electron chi connectivity index (χ0n) is 14.4. The van der Waals surface area contributed by atoms with E-state index in [1.54, 1.807) is 29.2 Å². The number of pyridine rings is 1. The summed E-state index contributed by atoms with van der Waals surface area (Å²) in [7, 11) is 0. The van der Waals surface area contributed by atoms with E-state index in [0.717, 1.165) is 18.3 Å². The Morgan fingerprint density at radius 2 is 1.67 bits per heavy atom. The number of hydrogen-bond donors (Lipinski definition) is 1. The van der Waals surface area contributed by atoms with Crippen LogP contribution in [0.15, 0.2) is 48.7 Å². The Morgan fingerprint density at radius 1 is 1.00 bits per heavy atom. The number of nitrogens with zero attached hydrogens (tertiary/aromatic N) is 2. The molecule has 1 N–H and O–H groups in total. The van der Waals surface area contributed by atoms with E-state index in [-0.39, 0.29) is 23.4 Å². The third kappa shape index (κ3) is 4.64. The van der Waals surface area contributed by atoms with Crippen LogP contribution in [0.4, 0.5) is 13.2 Å². The van der Waals surface area contributed by atoms with Crippen LogP contribution in [-0.2, 0) is 6.18 Å². The molecule has 1 aromatic heterocycles. The molecule has 27 heavy (non-hydrogen) atoms. The fraction of sp³-hybridized carbons (Fsp3) is 0.316. The Balaban J connectivity index is 1.54. The second kappa shape index (κ2) is 7.77. The number of carbonyl (C=O) groups is 2. The average Bonchev–Trinajstić information content (AvgIpc) is 2.68. The lowest BCUT2D eigenvalue weighted by molar-refractivity contribution is -0.141. The first-order valence-electron chi connectivity index (χ1n) is 8.53. The minimum atomic E-state index is -4.53. The molecule has 0 saturated carbocycles. The number of rotatable bonds is 3. The molecule has 2 heterocycles. The Morgan fingerprint density at radius 3 is 2.22 bits per heavy atom. The van der Waals surface area contributed by atoms with Crippen molar-refractivity contribution < 1.29 is 22.8 Å². The highest BCUT2D eigenvalue weighted by Gasteiger charge is 2.32. The van der Waals surface area contributed by atoms with Gasteiger partial charge in [0.1, 0.15) is 5.69 Å². The molecule has 3 rings (SSSR count). The van der Waals surface area contributed by atoms with E-state index in [1.807, 2.05) is 6.07 Å². The third-order valence-corrected chi connectivity index (χ3v) is 4.45. The highest BCUT2D eigenvalue weighted by atomic mass is 19.4. The molecule has 0 spiro atoms. The Kier molecular flexibility index (Phi) is 5.43. The largest absolute Gasteiger partial charge is 0.433 e. The number of piperidine rings is 1. The maximum Gasteiger partial charge on any atom is 0.433 e. The van der Waals surface area contributed by atoms with Gasteiger partial charge in [0.15, 0.2) is 0 Å². The molecule has 0 bridgehead atoms. The van der Waals surface area contributed by atoms with E-state index >= 15 is 0 Å². The number of alkyl halides is 3. The van der Waals surface area contributed by atoms with Crippen molar-refractivity contribution in [2.45, 2.75) is 25.1 Å². The van der Waals surface area contributed by atoms with Crippen molar-refractivity contribution in [1.82, 2.24) is 15.2 Å². The molecule has 0 atom stereocenters. The highest BCUT2D eigenvalue weighted by molar-refractivity contribution is 5.95. The first kappa shape index (κ1) is 18.9. The fourth-order valence-electron chi connectivity index (χ4n) is 2.96. The van der Waals surface area contributed by atoms with E-state index in [1.165, 1.54) is 0 Å². The Labute approximate surface area is 154 Å². The molecule has 2 aromatic rings. The minimum absolute atomic E-state index is 0.0486. The van der Waals surface area contributed by atoms with Gasteiger partial charge in [0, 0.05) is 30.9 Å². The molecular weight excluding hydrogens is 359 g/mol. The van der Waals surface area contributed by atoms with Gasteiger partial charge in [-0.1, -0.05) is 18.2 Å². The summed E-state index contributed by atoms with van der Waals surface area (Å²) < 4.78 is 37.7. The minimum Gasteiger partial charge on any atom is -0.349 e. The Bertz CT molecular complexity index is 799. The lowest BCUT2D eigenvalue weighted by Gasteiger charge is -2.32. The zero-order chi connectivity index (χ0) is 19.4. The van der Waals surface area contributed by atoms with Gasteiger partial charge in [-0.3, -0.25) is 14.6 Å². The summed E-state index contributed by atoms with van der Waals surface area (Å²) >= 11 is 0. The number of aromatic nitrogens is 1. The molecule has 1 aliphatic rings. The van der Waals surface area contributed by atoms with Gasteiger partial charge in [-0.05, 0) is 37.1 Å². The maximum atomic E-state index is 12.6. The van der Waals surface area contributed by atoms with Crippen molar-refractivity contribution in [2.75, 3.05) is 13.1 Å². The summed E-state index contributed by atoms with van der Waals surface area (Å²) in [5.74, 6) is -0.517. The monoisotopic (exact) mass is 377 g/mol. The van der Waals surface area contributed by atoms with Crippen LogP contribution >= 0.6 is 0 Å². The van der Waals surface area contributed by atoms with Gasteiger partial charge in [-0.25, -0.2) is 0 Å². The SMILES string of the molecule is O=C(NC1CCN(C(=O)c2ccc(C(F)(F)F)nc2)CC1)c1ccccc1. The molecule has 0 unspecified atom stereocenters. The molecule has 1 saturated heterocycles. The van der Waals surface area contributed by atoms with E-state index in [9.17, 15) is 22.8 Å². The Hall–Kier alpha value is -2.90. The quantitative estimate of drug-likeness (QED) is 0.894. The van der Waals surface area contributed by atoms with Crippen LogP contribution < -0.4 is 5.32 Å². The summed E-state index contributed by atoms with van der Waals surface area (Å²) in [6, 6.07) is 10.8. The van der Waals surface area contributed by atoms with Crippen molar-refractivity contribution in [3.63, 3.8) is 0 Å². The number of hydrogen-bond acceptors (Lipinski definition) is 3. The van der Waals surface area contributed by atoms with Gasteiger partial charge < -0.3 is 10.2 Å². The molecule has 142 valence electrons. The van der Waals surface area contributed by atoms with Crippen molar-refractivity contribution in [1.29, 1.82) is 0 Å². The molecule has 0 radical (unpaired) electrons. The van der Waals surface area contributed by atoms with Crippen molar-refractivity contribution in [2.24, 2.45) is 0 Å². The smallest absolute Gasteiger partial charge is 0.349 e. The molecule has 1 aliphatic heterocycles. The maximum absolute atomic E-state index is 12.6. The third-order valence-electron chi connectivity index (χ3n) is 4.45. The number of amides is 2. The molecule has 1 aromatic carbocycles. The number of halogens is 3. The molecular formula is C19H18F3N3O2. The van der Waals surface area contributed by atoms with Gasteiger partial charge in [0.05, 0.1) is 5.56 Å². The van der Waals surface area contributed by atoms with Gasteiger partial charge in [0.2, 0.25) is 0 Å². The van der Waals surface area contributed by atoms with Crippen LogP contribution in [0.2, 0.25) is 0 Å². The van der Waals surface area contributed by atoms with Crippen LogP contribution in [0, 0.1) is 0 Å². The molecule has 5 nitrogen and oxygen atoms in total. The molecule has 0 aliphatic carbocycles. The average molecular weight is 377 g/mol. The van der Waals surface area contributed by atoms with Crippen LogP contribution in [0.25, 0.3) is 0 Å². The van der Waals surface area contributed by atoms with Gasteiger partial charge >= 0.3 is 6.18 Å². The summed E-state index contributed by atoms with van der Waals surface area (Å²) in [6.07, 6.45) is -2.41. The molecule has 1 fully saturated rings. The topological polar surface area (TPSA) is 62.3 Å². The summed E-state index contributed by atoms with van der Waals surface area (Å²) in [6.45, 7) is 0.833. The van der Waals surface area contributed by atoms with E-state index in [0.29, 0.717) is 31.5 Å². The first-order valence-corrected chi connectivity index (χ1v) is 8.53.